The van der Waals surface area contributed by atoms with Crippen LogP contribution in [0.25, 0.3) is 11.0 Å². The predicted octanol–water partition coefficient (Wildman–Crippen LogP) is 14.8. The van der Waals surface area contributed by atoms with Gasteiger partial charge in [-0.3, -0.25) is 0 Å². The summed E-state index contributed by atoms with van der Waals surface area (Å²) in [5.74, 6) is 0. The summed E-state index contributed by atoms with van der Waals surface area (Å²) in [5, 5.41) is 1.18. The predicted molar refractivity (Wildman–Crippen MR) is 275 cm³/mol. The lowest BCUT2D eigenvalue weighted by Crippen LogP contribution is -2.61. The lowest BCUT2D eigenvalue weighted by atomic mass is 9.35. The average molecular weight is 853 g/mol. The Labute approximate surface area is 383 Å². The molecular formula is C58H69BN2OS. The number of nitrogens with zero attached hydrogens (tertiary/aromatic N) is 2. The van der Waals surface area contributed by atoms with Crippen molar-refractivity contribution >= 4 is 80.2 Å². The molecule has 0 spiro atoms. The summed E-state index contributed by atoms with van der Waals surface area (Å²) >= 11 is 1.84. The molecule has 4 aliphatic rings. The van der Waals surface area contributed by atoms with E-state index in [0.717, 1.165) is 17.7 Å². The third-order valence-corrected chi connectivity index (χ3v) is 16.8. The number of anilines is 6. The first kappa shape index (κ1) is 42.6. The first-order valence-electron chi connectivity index (χ1n) is 23.7. The normalized spacial score (nSPS) is 19.0. The minimum atomic E-state index is -0.0932. The molecule has 0 bridgehead atoms. The Morgan fingerprint density at radius 3 is 1.70 bits per heavy atom. The number of benzene rings is 5. The smallest absolute Gasteiger partial charge is 0.297 e. The fraction of sp³-hybridized carbons (Fsp3) is 0.448. The SMILES string of the molecule is CSc1cc(C(C)(C)C)ccc1N1c2cc(C)cc3c2B(c2cc4c(cc2N3c2ccc3c(c2)C(C)(C)CCC3(C)C)C(C)(C)CCC4(C)C)c2oc3ccc(C(C)(C)C)cc3c21. The molecule has 5 aromatic carbocycles. The summed E-state index contributed by atoms with van der Waals surface area (Å²) in [5.41, 5.74) is 22.3. The van der Waals surface area contributed by atoms with Gasteiger partial charge in [0.15, 0.2) is 0 Å². The van der Waals surface area contributed by atoms with Crippen molar-refractivity contribution in [2.24, 2.45) is 0 Å². The minimum absolute atomic E-state index is 0.0215. The Bertz CT molecular complexity index is 2890. The van der Waals surface area contributed by atoms with Crippen molar-refractivity contribution in [1.29, 1.82) is 0 Å². The molecule has 6 aromatic rings. The number of rotatable bonds is 3. The van der Waals surface area contributed by atoms with Crippen molar-refractivity contribution in [3.05, 3.63) is 118 Å². The van der Waals surface area contributed by atoms with Gasteiger partial charge in [0.25, 0.3) is 6.71 Å². The van der Waals surface area contributed by atoms with Gasteiger partial charge in [-0.1, -0.05) is 121 Å². The molecule has 3 heterocycles. The van der Waals surface area contributed by atoms with Gasteiger partial charge < -0.3 is 14.2 Å². The summed E-state index contributed by atoms with van der Waals surface area (Å²) in [6.45, 7) is 35.8. The molecule has 2 aliphatic heterocycles. The molecule has 0 unspecified atom stereocenters. The second-order valence-electron chi connectivity index (χ2n) is 24.5. The summed E-state index contributed by atoms with van der Waals surface area (Å²) in [7, 11) is 0. The highest BCUT2D eigenvalue weighted by Gasteiger charge is 2.50. The fourth-order valence-corrected chi connectivity index (χ4v) is 12.3. The Morgan fingerprint density at radius 1 is 0.556 bits per heavy atom. The molecule has 1 aromatic heterocycles. The van der Waals surface area contributed by atoms with Crippen LogP contribution in [0.2, 0.25) is 0 Å². The molecule has 0 radical (unpaired) electrons. The molecule has 2 aliphatic carbocycles. The van der Waals surface area contributed by atoms with Crippen molar-refractivity contribution in [3.8, 4) is 0 Å². The lowest BCUT2D eigenvalue weighted by Gasteiger charge is -2.47. The molecular weight excluding hydrogens is 784 g/mol. The molecule has 0 amide bonds. The van der Waals surface area contributed by atoms with E-state index in [1.807, 2.05) is 11.8 Å². The molecule has 0 saturated carbocycles. The van der Waals surface area contributed by atoms with Crippen LogP contribution in [0.5, 0.6) is 0 Å². The molecule has 0 fully saturated rings. The monoisotopic (exact) mass is 853 g/mol. The van der Waals surface area contributed by atoms with Crippen LogP contribution in [0.15, 0.2) is 88.2 Å². The highest BCUT2D eigenvalue weighted by Crippen LogP contribution is 2.54. The quantitative estimate of drug-likeness (QED) is 0.130. The summed E-state index contributed by atoms with van der Waals surface area (Å²) in [6.07, 6.45) is 6.95. The van der Waals surface area contributed by atoms with E-state index >= 15 is 0 Å². The topological polar surface area (TPSA) is 19.6 Å². The van der Waals surface area contributed by atoms with Gasteiger partial charge in [-0.05, 0) is 176 Å². The third kappa shape index (κ3) is 6.43. The van der Waals surface area contributed by atoms with Gasteiger partial charge in [0.2, 0.25) is 0 Å². The van der Waals surface area contributed by atoms with Gasteiger partial charge in [-0.2, -0.15) is 0 Å². The van der Waals surface area contributed by atoms with Crippen LogP contribution >= 0.6 is 11.8 Å². The molecule has 63 heavy (non-hydrogen) atoms. The second kappa shape index (κ2) is 13.6. The van der Waals surface area contributed by atoms with Crippen molar-refractivity contribution < 1.29 is 4.42 Å². The summed E-state index contributed by atoms with van der Waals surface area (Å²) in [6, 6.07) is 31.8. The minimum Gasteiger partial charge on any atom is -0.468 e. The zero-order valence-electron chi connectivity index (χ0n) is 41.1. The van der Waals surface area contributed by atoms with Crippen LogP contribution < -0.4 is 26.4 Å². The van der Waals surface area contributed by atoms with E-state index in [9.17, 15) is 0 Å². The van der Waals surface area contributed by atoms with Gasteiger partial charge >= 0.3 is 0 Å². The van der Waals surface area contributed by atoms with Gasteiger partial charge in [-0.15, -0.1) is 11.8 Å². The number of fused-ring (bicyclic) bond motifs is 8. The number of hydrogen-bond donors (Lipinski definition) is 0. The molecule has 0 N–H and O–H groups in total. The van der Waals surface area contributed by atoms with Crippen molar-refractivity contribution in [3.63, 3.8) is 0 Å². The summed E-state index contributed by atoms with van der Waals surface area (Å²) in [4.78, 5) is 6.53. The van der Waals surface area contributed by atoms with E-state index in [1.54, 1.807) is 0 Å². The fourth-order valence-electron chi connectivity index (χ4n) is 11.7. The van der Waals surface area contributed by atoms with E-state index in [-0.39, 0.29) is 39.2 Å². The van der Waals surface area contributed by atoms with Crippen LogP contribution in [-0.2, 0) is 32.5 Å². The Hall–Kier alpha value is -4.35. The maximum atomic E-state index is 7.43. The molecule has 5 heteroatoms. The van der Waals surface area contributed by atoms with Crippen molar-refractivity contribution in [2.75, 3.05) is 16.1 Å². The standard InChI is InChI=1S/C58H69BN2OS/c1-34-27-46-50-47(28-34)61(44-21-17-36(54(5,6)7)30-49(44)63-16)51-38-29-35(53(2,3)4)18-22-48(38)62-52(51)59(50)43-32-41-42(58(14,15)26-25-57(41,12)13)33-45(43)60(46)37-19-20-39-40(31-37)56(10,11)24-23-55(39,8)9/h17-22,27-33H,23-26H2,1-16H3. The maximum absolute atomic E-state index is 7.43. The van der Waals surface area contributed by atoms with E-state index in [2.05, 4.69) is 199 Å². The largest absolute Gasteiger partial charge is 0.468 e. The lowest BCUT2D eigenvalue weighted by molar-refractivity contribution is 0.332. The Morgan fingerprint density at radius 2 is 1.10 bits per heavy atom. The second-order valence-corrected chi connectivity index (χ2v) is 25.3. The van der Waals surface area contributed by atoms with E-state index in [1.165, 1.54) is 114 Å². The first-order valence-corrected chi connectivity index (χ1v) is 24.9. The molecule has 0 atom stereocenters. The highest BCUT2D eigenvalue weighted by atomic mass is 32.2. The molecule has 326 valence electrons. The van der Waals surface area contributed by atoms with Gasteiger partial charge in [0, 0.05) is 33.0 Å². The van der Waals surface area contributed by atoms with Crippen LogP contribution in [0.4, 0.5) is 34.1 Å². The first-order chi connectivity index (χ1) is 29.3. The number of furan rings is 1. The Kier molecular flexibility index (Phi) is 9.19. The van der Waals surface area contributed by atoms with Gasteiger partial charge in [-0.25, -0.2) is 0 Å². The zero-order chi connectivity index (χ0) is 45.1. The molecule has 0 saturated heterocycles. The van der Waals surface area contributed by atoms with Gasteiger partial charge in [0.1, 0.15) is 5.58 Å². The molecule has 3 nitrogen and oxygen atoms in total. The number of aryl methyl sites for hydroxylation is 1. The van der Waals surface area contributed by atoms with E-state index < -0.39 is 0 Å². The summed E-state index contributed by atoms with van der Waals surface area (Å²) < 4.78 is 7.43. The maximum Gasteiger partial charge on any atom is 0.297 e. The van der Waals surface area contributed by atoms with Crippen LogP contribution in [-0.4, -0.2) is 13.0 Å². The third-order valence-electron chi connectivity index (χ3n) is 16.0. The van der Waals surface area contributed by atoms with Gasteiger partial charge in [0.05, 0.1) is 17.0 Å². The van der Waals surface area contributed by atoms with Crippen LogP contribution in [0.3, 0.4) is 0 Å². The van der Waals surface area contributed by atoms with E-state index in [0.29, 0.717) is 0 Å². The van der Waals surface area contributed by atoms with Crippen molar-refractivity contribution in [2.45, 2.75) is 167 Å². The Balaban J connectivity index is 1.35. The molecule has 10 rings (SSSR count). The number of hydrogen-bond acceptors (Lipinski definition) is 4. The average Bonchev–Trinajstić information content (AvgIpc) is 3.58. The zero-order valence-corrected chi connectivity index (χ0v) is 41.9. The highest BCUT2D eigenvalue weighted by molar-refractivity contribution is 7.98. The van der Waals surface area contributed by atoms with E-state index in [4.69, 9.17) is 4.42 Å². The van der Waals surface area contributed by atoms with Crippen molar-refractivity contribution in [1.82, 2.24) is 0 Å². The van der Waals surface area contributed by atoms with Crippen LogP contribution in [0.1, 0.15) is 162 Å². The number of thioether (sulfide) groups is 1. The van der Waals surface area contributed by atoms with Crippen LogP contribution in [0, 0.1) is 6.92 Å².